The number of halogens is 2. The molecule has 0 bridgehead atoms. The Morgan fingerprint density at radius 1 is 1.36 bits per heavy atom. The fourth-order valence-corrected chi connectivity index (χ4v) is 2.22. The predicted octanol–water partition coefficient (Wildman–Crippen LogP) is 2.68. The molecule has 0 fully saturated rings. The molecule has 2 amide bonds. The van der Waals surface area contributed by atoms with Crippen LogP contribution in [0.4, 0.5) is 10.5 Å². The molecule has 116 valence electrons. The molecular formula is C14H14Cl2N4O2. The summed E-state index contributed by atoms with van der Waals surface area (Å²) in [6.07, 6.45) is 2.94. The van der Waals surface area contributed by atoms with Crippen LogP contribution >= 0.6 is 23.2 Å². The van der Waals surface area contributed by atoms with Gasteiger partial charge in [-0.1, -0.05) is 23.2 Å². The van der Waals surface area contributed by atoms with Crippen molar-refractivity contribution in [3.8, 4) is 0 Å². The Morgan fingerprint density at radius 2 is 2.14 bits per heavy atom. The van der Waals surface area contributed by atoms with E-state index in [4.69, 9.17) is 23.2 Å². The van der Waals surface area contributed by atoms with Gasteiger partial charge in [0.15, 0.2) is 0 Å². The first-order valence-electron chi connectivity index (χ1n) is 6.48. The molecule has 2 aromatic rings. The summed E-state index contributed by atoms with van der Waals surface area (Å²) < 4.78 is 1.44. The monoisotopic (exact) mass is 340 g/mol. The van der Waals surface area contributed by atoms with E-state index < -0.39 is 6.03 Å². The molecular weight excluding hydrogens is 327 g/mol. The van der Waals surface area contributed by atoms with Gasteiger partial charge in [0.25, 0.3) is 5.56 Å². The van der Waals surface area contributed by atoms with Crippen LogP contribution in [0.3, 0.4) is 0 Å². The first-order valence-corrected chi connectivity index (χ1v) is 7.24. The number of nitrogens with one attached hydrogen (secondary N) is 2. The average molecular weight is 341 g/mol. The minimum absolute atomic E-state index is 0.127. The smallest absolute Gasteiger partial charge is 0.319 e. The van der Waals surface area contributed by atoms with E-state index in [1.807, 2.05) is 0 Å². The molecule has 2 N–H and O–H groups in total. The Kier molecular flexibility index (Phi) is 5.41. The Bertz CT molecular complexity index is 746. The van der Waals surface area contributed by atoms with Crippen molar-refractivity contribution in [1.29, 1.82) is 0 Å². The fraction of sp³-hybridized carbons (Fsp3) is 0.214. The van der Waals surface area contributed by atoms with Crippen LogP contribution in [0.1, 0.15) is 5.56 Å². The number of aromatic nitrogens is 2. The van der Waals surface area contributed by atoms with Crippen LogP contribution in [0.25, 0.3) is 0 Å². The molecule has 1 aromatic carbocycles. The van der Waals surface area contributed by atoms with Crippen molar-refractivity contribution in [3.05, 3.63) is 56.7 Å². The highest BCUT2D eigenvalue weighted by atomic mass is 35.5. The Morgan fingerprint density at radius 3 is 2.86 bits per heavy atom. The van der Waals surface area contributed by atoms with Crippen LogP contribution in [0, 0.1) is 6.92 Å². The SMILES string of the molecule is Cc1cncn(CCNC(=O)Nc2ccc(Cl)cc2Cl)c1=O. The summed E-state index contributed by atoms with van der Waals surface area (Å²) in [5, 5.41) is 6.08. The molecule has 8 heteroatoms. The van der Waals surface area contributed by atoms with Crippen LogP contribution in [0.2, 0.25) is 10.0 Å². The van der Waals surface area contributed by atoms with Crippen LogP contribution in [-0.2, 0) is 6.54 Å². The van der Waals surface area contributed by atoms with Crippen molar-refractivity contribution in [3.63, 3.8) is 0 Å². The third-order valence-electron chi connectivity index (χ3n) is 2.89. The number of amides is 2. The van der Waals surface area contributed by atoms with E-state index in [-0.39, 0.29) is 12.1 Å². The van der Waals surface area contributed by atoms with Gasteiger partial charge < -0.3 is 10.6 Å². The number of aryl methyl sites for hydroxylation is 1. The largest absolute Gasteiger partial charge is 0.336 e. The number of carbonyl (C=O) groups is 1. The molecule has 0 atom stereocenters. The highest BCUT2D eigenvalue weighted by Gasteiger charge is 2.06. The summed E-state index contributed by atoms with van der Waals surface area (Å²) in [6, 6.07) is 4.36. The van der Waals surface area contributed by atoms with Gasteiger partial charge in [-0.3, -0.25) is 9.36 Å². The van der Waals surface area contributed by atoms with Crippen molar-refractivity contribution in [1.82, 2.24) is 14.9 Å². The normalized spacial score (nSPS) is 10.3. The van der Waals surface area contributed by atoms with E-state index in [9.17, 15) is 9.59 Å². The summed E-state index contributed by atoms with van der Waals surface area (Å²) in [6.45, 7) is 2.30. The quantitative estimate of drug-likeness (QED) is 0.898. The molecule has 0 aliphatic rings. The molecule has 0 spiro atoms. The number of hydrogen-bond donors (Lipinski definition) is 2. The second-order valence-electron chi connectivity index (χ2n) is 4.58. The van der Waals surface area contributed by atoms with Crippen LogP contribution in [0.5, 0.6) is 0 Å². The van der Waals surface area contributed by atoms with Gasteiger partial charge in [0, 0.05) is 29.9 Å². The summed E-state index contributed by atoms with van der Waals surface area (Å²) >= 11 is 11.7. The number of carbonyl (C=O) groups excluding carboxylic acids is 1. The van der Waals surface area contributed by atoms with Gasteiger partial charge in [-0.2, -0.15) is 0 Å². The minimum atomic E-state index is -0.419. The first-order chi connectivity index (χ1) is 10.5. The molecule has 22 heavy (non-hydrogen) atoms. The summed E-state index contributed by atoms with van der Waals surface area (Å²) in [7, 11) is 0. The standard InChI is InChI=1S/C14H14Cl2N4O2/c1-9-7-17-8-20(13(9)21)5-4-18-14(22)19-12-3-2-10(15)6-11(12)16/h2-3,6-8H,4-5H2,1H3,(H2,18,19,22). The number of rotatable bonds is 4. The lowest BCUT2D eigenvalue weighted by Gasteiger charge is -2.10. The van der Waals surface area contributed by atoms with Gasteiger partial charge in [-0.15, -0.1) is 0 Å². The van der Waals surface area contributed by atoms with Gasteiger partial charge >= 0.3 is 6.03 Å². The van der Waals surface area contributed by atoms with Crippen LogP contribution < -0.4 is 16.2 Å². The number of anilines is 1. The Balaban J connectivity index is 1.88. The van der Waals surface area contributed by atoms with Crippen molar-refractivity contribution < 1.29 is 4.79 Å². The fourth-order valence-electron chi connectivity index (χ4n) is 1.77. The topological polar surface area (TPSA) is 76.0 Å². The molecule has 6 nitrogen and oxygen atoms in total. The maximum Gasteiger partial charge on any atom is 0.319 e. The van der Waals surface area contributed by atoms with E-state index in [0.717, 1.165) is 0 Å². The minimum Gasteiger partial charge on any atom is -0.336 e. The third kappa shape index (κ3) is 4.22. The van der Waals surface area contributed by atoms with E-state index in [1.165, 1.54) is 23.2 Å². The number of nitrogens with zero attached hydrogens (tertiary/aromatic N) is 2. The van der Waals surface area contributed by atoms with Crippen LogP contribution in [-0.4, -0.2) is 22.1 Å². The highest BCUT2D eigenvalue weighted by Crippen LogP contribution is 2.25. The Hall–Kier alpha value is -2.05. The second-order valence-corrected chi connectivity index (χ2v) is 5.42. The summed E-state index contributed by atoms with van der Waals surface area (Å²) in [5.41, 5.74) is 0.885. The second kappa shape index (κ2) is 7.29. The lowest BCUT2D eigenvalue weighted by molar-refractivity contribution is 0.251. The predicted molar refractivity (Wildman–Crippen MR) is 86.7 cm³/mol. The number of urea groups is 1. The maximum atomic E-state index is 11.8. The van der Waals surface area contributed by atoms with Crippen molar-refractivity contribution >= 4 is 34.9 Å². The lowest BCUT2D eigenvalue weighted by Crippen LogP contribution is -2.34. The van der Waals surface area contributed by atoms with Crippen molar-refractivity contribution in [2.75, 3.05) is 11.9 Å². The zero-order valence-corrected chi connectivity index (χ0v) is 13.3. The third-order valence-corrected chi connectivity index (χ3v) is 3.44. The molecule has 2 rings (SSSR count). The lowest BCUT2D eigenvalue weighted by atomic mass is 10.3. The average Bonchev–Trinajstić information content (AvgIpc) is 2.46. The zero-order valence-electron chi connectivity index (χ0n) is 11.8. The van der Waals surface area contributed by atoms with Crippen molar-refractivity contribution in [2.24, 2.45) is 0 Å². The van der Waals surface area contributed by atoms with E-state index in [0.29, 0.717) is 27.8 Å². The summed E-state index contributed by atoms with van der Waals surface area (Å²) in [4.78, 5) is 27.5. The first kappa shape index (κ1) is 16.3. The van der Waals surface area contributed by atoms with Crippen molar-refractivity contribution in [2.45, 2.75) is 13.5 Å². The molecule has 1 aromatic heterocycles. The highest BCUT2D eigenvalue weighted by molar-refractivity contribution is 6.36. The van der Waals surface area contributed by atoms with Gasteiger partial charge in [0.1, 0.15) is 0 Å². The zero-order chi connectivity index (χ0) is 16.1. The molecule has 1 heterocycles. The van der Waals surface area contributed by atoms with Gasteiger partial charge in [-0.25, -0.2) is 9.78 Å². The molecule has 0 radical (unpaired) electrons. The Labute approximate surface area is 137 Å². The number of benzene rings is 1. The van der Waals surface area contributed by atoms with E-state index >= 15 is 0 Å². The molecule has 0 aliphatic heterocycles. The van der Waals surface area contributed by atoms with Gasteiger partial charge in [0.2, 0.25) is 0 Å². The van der Waals surface area contributed by atoms with E-state index in [2.05, 4.69) is 15.6 Å². The van der Waals surface area contributed by atoms with Gasteiger partial charge in [0.05, 0.1) is 17.0 Å². The van der Waals surface area contributed by atoms with Crippen LogP contribution in [0.15, 0.2) is 35.5 Å². The molecule has 0 saturated heterocycles. The van der Waals surface area contributed by atoms with Gasteiger partial charge in [-0.05, 0) is 25.1 Å². The van der Waals surface area contributed by atoms with E-state index in [1.54, 1.807) is 19.1 Å². The molecule has 0 unspecified atom stereocenters. The summed E-state index contributed by atoms with van der Waals surface area (Å²) in [5.74, 6) is 0. The molecule has 0 aliphatic carbocycles. The maximum absolute atomic E-state index is 11.8. The number of hydrogen-bond acceptors (Lipinski definition) is 3. The molecule has 0 saturated carbocycles.